The molecule has 2 nitrogen and oxygen atoms in total. The van der Waals surface area contributed by atoms with Gasteiger partial charge in [-0.3, -0.25) is 9.78 Å². The summed E-state index contributed by atoms with van der Waals surface area (Å²) in [4.78, 5) is 17.5. The maximum atomic E-state index is 12.6. The van der Waals surface area contributed by atoms with Gasteiger partial charge in [0, 0.05) is 36.7 Å². The van der Waals surface area contributed by atoms with Gasteiger partial charge in [0.25, 0.3) is 0 Å². The highest BCUT2D eigenvalue weighted by atomic mass is 32.1. The fraction of sp³-hybridized carbons (Fsp3) is 0.217. The maximum absolute atomic E-state index is 12.6. The van der Waals surface area contributed by atoms with Crippen molar-refractivity contribution in [3.63, 3.8) is 0 Å². The number of ketones is 1. The highest BCUT2D eigenvalue weighted by Gasteiger charge is 2.34. The van der Waals surface area contributed by atoms with E-state index in [0.717, 1.165) is 35.4 Å². The van der Waals surface area contributed by atoms with Crippen LogP contribution < -0.4 is 0 Å². The van der Waals surface area contributed by atoms with Gasteiger partial charge in [-0.1, -0.05) is 38.1 Å². The van der Waals surface area contributed by atoms with Crippen LogP contribution in [0.2, 0.25) is 0 Å². The molecular formula is C23H19NOS. The van der Waals surface area contributed by atoms with E-state index in [1.807, 2.05) is 37.3 Å². The van der Waals surface area contributed by atoms with E-state index in [9.17, 15) is 4.79 Å². The third-order valence-corrected chi connectivity index (χ3v) is 6.64. The first-order chi connectivity index (χ1) is 12.5. The van der Waals surface area contributed by atoms with Crippen molar-refractivity contribution < 1.29 is 4.79 Å². The molecule has 0 bridgehead atoms. The molecule has 0 atom stereocenters. The minimum Gasteiger partial charge on any atom is -0.294 e. The molecule has 0 amide bonds. The van der Waals surface area contributed by atoms with Crippen molar-refractivity contribution in [2.45, 2.75) is 26.7 Å². The third kappa shape index (κ3) is 2.31. The van der Waals surface area contributed by atoms with Gasteiger partial charge in [0.05, 0.1) is 11.4 Å². The van der Waals surface area contributed by atoms with Crippen molar-refractivity contribution in [3.05, 3.63) is 65.9 Å². The predicted molar refractivity (Wildman–Crippen MR) is 109 cm³/mol. The molecule has 0 saturated carbocycles. The van der Waals surface area contributed by atoms with E-state index in [1.165, 1.54) is 20.2 Å². The molecule has 2 aromatic heterocycles. The van der Waals surface area contributed by atoms with Crippen LogP contribution in [0.15, 0.2) is 54.6 Å². The number of hydrogen-bond donors (Lipinski definition) is 0. The van der Waals surface area contributed by atoms with Crippen LogP contribution in [0.3, 0.4) is 0 Å². The van der Waals surface area contributed by atoms with Crippen LogP contribution in [-0.4, -0.2) is 10.8 Å². The average Bonchev–Trinajstić information content (AvgIpc) is 3.03. The van der Waals surface area contributed by atoms with Crippen molar-refractivity contribution in [2.75, 3.05) is 0 Å². The molecule has 1 aliphatic rings. The van der Waals surface area contributed by atoms with Gasteiger partial charge in [-0.25, -0.2) is 0 Å². The van der Waals surface area contributed by atoms with Gasteiger partial charge in [0.1, 0.15) is 0 Å². The van der Waals surface area contributed by atoms with Crippen molar-refractivity contribution in [2.24, 2.45) is 5.41 Å². The lowest BCUT2D eigenvalue weighted by molar-refractivity contribution is 0.0809. The fourth-order valence-electron chi connectivity index (χ4n) is 3.85. The number of carbonyl (C=O) groups is 1. The van der Waals surface area contributed by atoms with Crippen LogP contribution in [0.25, 0.3) is 31.4 Å². The number of benzene rings is 2. The molecule has 0 N–H and O–H groups in total. The molecule has 0 fully saturated rings. The van der Waals surface area contributed by atoms with E-state index in [1.54, 1.807) is 0 Å². The summed E-state index contributed by atoms with van der Waals surface area (Å²) in [5.74, 6) is 0.220. The second-order valence-corrected chi connectivity index (χ2v) is 8.80. The summed E-state index contributed by atoms with van der Waals surface area (Å²) in [5.41, 5.74) is 3.54. The minimum absolute atomic E-state index is 0.220. The highest BCUT2D eigenvalue weighted by Crippen LogP contribution is 2.37. The first kappa shape index (κ1) is 15.7. The van der Waals surface area contributed by atoms with Crippen LogP contribution >= 0.6 is 11.3 Å². The lowest BCUT2D eigenvalue weighted by atomic mass is 9.75. The number of nitrogens with zero attached hydrogens (tertiary/aromatic N) is 1. The van der Waals surface area contributed by atoms with Crippen LogP contribution in [0.5, 0.6) is 0 Å². The molecule has 3 heteroatoms. The summed E-state index contributed by atoms with van der Waals surface area (Å²) in [5, 5.41) is 2.57. The maximum Gasteiger partial charge on any atom is 0.170 e. The Bertz CT molecular complexity index is 1190. The van der Waals surface area contributed by atoms with E-state index in [-0.39, 0.29) is 11.2 Å². The quantitative estimate of drug-likeness (QED) is 0.402. The number of pyridine rings is 1. The van der Waals surface area contributed by atoms with E-state index in [0.29, 0.717) is 0 Å². The molecule has 5 rings (SSSR count). The van der Waals surface area contributed by atoms with Crippen LogP contribution in [0.4, 0.5) is 0 Å². The number of thiophene rings is 1. The number of carbonyl (C=O) groups excluding carboxylic acids is 1. The van der Waals surface area contributed by atoms with Gasteiger partial charge in [0.2, 0.25) is 0 Å². The predicted octanol–water partition coefficient (Wildman–Crippen LogP) is 6.27. The summed E-state index contributed by atoms with van der Waals surface area (Å²) >= 11 is 1.82. The second-order valence-electron chi connectivity index (χ2n) is 7.71. The normalized spacial score (nSPS) is 16.2. The number of aryl methyl sites for hydroxylation is 1. The molecule has 2 aromatic carbocycles. The SMILES string of the molecule is CC1(C)CCc2nc(-c3ccc4sc5ccccc5c4c3)ccc2C1=O. The van der Waals surface area contributed by atoms with Gasteiger partial charge < -0.3 is 0 Å². The molecular weight excluding hydrogens is 338 g/mol. The lowest BCUT2D eigenvalue weighted by Crippen LogP contribution is -2.31. The Morgan fingerprint density at radius 3 is 2.65 bits per heavy atom. The minimum atomic E-state index is -0.273. The Morgan fingerprint density at radius 1 is 0.962 bits per heavy atom. The summed E-state index contributed by atoms with van der Waals surface area (Å²) in [6.45, 7) is 4.06. The Hall–Kier alpha value is -2.52. The molecule has 0 unspecified atom stereocenters. The summed E-state index contributed by atoms with van der Waals surface area (Å²) < 4.78 is 2.61. The molecule has 0 aliphatic heterocycles. The van der Waals surface area contributed by atoms with Gasteiger partial charge >= 0.3 is 0 Å². The zero-order valence-corrected chi connectivity index (χ0v) is 15.7. The lowest BCUT2D eigenvalue weighted by Gasteiger charge is -2.29. The van der Waals surface area contributed by atoms with Crippen molar-refractivity contribution in [3.8, 4) is 11.3 Å². The van der Waals surface area contributed by atoms with Gasteiger partial charge in [-0.2, -0.15) is 0 Å². The Labute approximate surface area is 156 Å². The van der Waals surface area contributed by atoms with Crippen LogP contribution in [0.1, 0.15) is 36.3 Å². The molecule has 1 aliphatic carbocycles. The van der Waals surface area contributed by atoms with Gasteiger partial charge in [-0.15, -0.1) is 11.3 Å². The largest absolute Gasteiger partial charge is 0.294 e. The monoisotopic (exact) mass is 357 g/mol. The Morgan fingerprint density at radius 2 is 1.77 bits per heavy atom. The molecule has 128 valence electrons. The van der Waals surface area contributed by atoms with Gasteiger partial charge in [-0.05, 0) is 43.2 Å². The zero-order chi connectivity index (χ0) is 17.9. The first-order valence-electron chi connectivity index (χ1n) is 8.99. The van der Waals surface area contributed by atoms with Crippen LogP contribution in [0, 0.1) is 5.41 Å². The Balaban J connectivity index is 1.64. The number of aromatic nitrogens is 1. The molecule has 0 radical (unpaired) electrons. The van der Waals surface area contributed by atoms with E-state index < -0.39 is 0 Å². The standard InChI is InChI=1S/C23H19NOS/c1-23(2)12-11-19-16(22(23)25)8-9-18(24-19)14-7-10-21-17(13-14)15-5-3-4-6-20(15)26-21/h3-10,13H,11-12H2,1-2H3. The van der Waals surface area contributed by atoms with Crippen LogP contribution in [-0.2, 0) is 6.42 Å². The number of fused-ring (bicyclic) bond motifs is 4. The average molecular weight is 357 g/mol. The summed E-state index contributed by atoms with van der Waals surface area (Å²) in [7, 11) is 0. The summed E-state index contributed by atoms with van der Waals surface area (Å²) in [6, 6.07) is 19.0. The van der Waals surface area contributed by atoms with Gasteiger partial charge in [0.15, 0.2) is 5.78 Å². The number of rotatable bonds is 1. The number of hydrogen-bond acceptors (Lipinski definition) is 3. The summed E-state index contributed by atoms with van der Waals surface area (Å²) in [6.07, 6.45) is 1.73. The third-order valence-electron chi connectivity index (χ3n) is 5.49. The van der Waals surface area contributed by atoms with Crippen molar-refractivity contribution >= 4 is 37.3 Å². The topological polar surface area (TPSA) is 30.0 Å². The molecule has 0 spiro atoms. The first-order valence-corrected chi connectivity index (χ1v) is 9.81. The van der Waals surface area contributed by atoms with Crippen molar-refractivity contribution in [1.82, 2.24) is 4.98 Å². The molecule has 26 heavy (non-hydrogen) atoms. The van der Waals surface area contributed by atoms with E-state index in [2.05, 4.69) is 42.5 Å². The smallest absolute Gasteiger partial charge is 0.170 e. The Kier molecular flexibility index (Phi) is 3.32. The van der Waals surface area contributed by atoms with E-state index >= 15 is 0 Å². The van der Waals surface area contributed by atoms with E-state index in [4.69, 9.17) is 4.98 Å². The zero-order valence-electron chi connectivity index (χ0n) is 14.9. The van der Waals surface area contributed by atoms with Crippen molar-refractivity contribution in [1.29, 1.82) is 0 Å². The number of Topliss-reactive ketones (excluding diaryl/α,β-unsaturated/α-hetero) is 1. The molecule has 0 saturated heterocycles. The highest BCUT2D eigenvalue weighted by molar-refractivity contribution is 7.25. The fourth-order valence-corrected chi connectivity index (χ4v) is 4.94. The molecule has 2 heterocycles. The molecule has 4 aromatic rings. The second kappa shape index (κ2) is 5.49.